The molecule has 0 atom stereocenters. The molecule has 0 bridgehead atoms. The molecule has 1 nitrogen and oxygen atoms in total. The minimum absolute atomic E-state index is 1.08. The van der Waals surface area contributed by atoms with Crippen LogP contribution in [0.5, 0.6) is 0 Å². The molecule has 11 rings (SSSR count). The molecule has 286 valence electrons. The lowest BCUT2D eigenvalue weighted by Crippen LogP contribution is -2.10. The Bertz CT molecular complexity index is 3320. The molecule has 0 saturated carbocycles. The topological polar surface area (TPSA) is 3.24 Å². The molecule has 0 fully saturated rings. The van der Waals surface area contributed by atoms with E-state index in [1.54, 1.807) is 0 Å². The summed E-state index contributed by atoms with van der Waals surface area (Å²) in [5.41, 5.74) is 15.1. The third-order valence-corrected chi connectivity index (χ3v) is 12.0. The fourth-order valence-electron chi connectivity index (χ4n) is 9.00. The third kappa shape index (κ3) is 6.93. The van der Waals surface area contributed by atoms with Gasteiger partial charge in [-0.3, -0.25) is 0 Å². The second kappa shape index (κ2) is 15.6. The van der Waals surface area contributed by atoms with Gasteiger partial charge in [0.05, 0.1) is 0 Å². The summed E-state index contributed by atoms with van der Waals surface area (Å²) >= 11 is 0. The molecule has 11 aromatic rings. The van der Waals surface area contributed by atoms with E-state index < -0.39 is 0 Å². The molecule has 0 aliphatic heterocycles. The first-order valence-electron chi connectivity index (χ1n) is 21.0. The summed E-state index contributed by atoms with van der Waals surface area (Å²) in [6, 6.07) is 90.5. The van der Waals surface area contributed by atoms with Crippen LogP contribution in [-0.2, 0) is 0 Å². The number of rotatable bonds is 8. The van der Waals surface area contributed by atoms with Gasteiger partial charge in [0.1, 0.15) is 0 Å². The first-order valence-corrected chi connectivity index (χ1v) is 21.0. The first kappa shape index (κ1) is 36.1. The third-order valence-electron chi connectivity index (χ3n) is 12.0. The van der Waals surface area contributed by atoms with Crippen LogP contribution in [0.2, 0.25) is 0 Å². The Labute approximate surface area is 357 Å². The SMILES string of the molecule is c1ccc(-c2ccc(-c3ccc(N(c4cccc(-c5ccccc5)c4)c4cc(-c5ccccc5)cc(-c5cccc6c5ccc5ccc7ccccc7c56)c4)cc3)cc2)cc1. The lowest BCUT2D eigenvalue weighted by molar-refractivity contribution is 1.28. The van der Waals surface area contributed by atoms with Crippen LogP contribution in [0.25, 0.3) is 88.0 Å². The van der Waals surface area contributed by atoms with Gasteiger partial charge in [-0.1, -0.05) is 206 Å². The molecule has 0 heterocycles. The van der Waals surface area contributed by atoms with Gasteiger partial charge in [-0.15, -0.1) is 0 Å². The van der Waals surface area contributed by atoms with Crippen molar-refractivity contribution < 1.29 is 0 Å². The molecule has 0 radical (unpaired) electrons. The minimum atomic E-state index is 1.08. The quantitative estimate of drug-likeness (QED) is 0.139. The Balaban J connectivity index is 1.09. The lowest BCUT2D eigenvalue weighted by Gasteiger charge is -2.28. The number of benzene rings is 11. The zero-order valence-corrected chi connectivity index (χ0v) is 33.6. The standard InChI is InChI=1S/C60H41N/c1-4-14-42(15-5-1)45-26-28-46(29-27-45)47-32-35-53(36-33-47)61(54-22-12-21-50(39-54)43-16-6-2-7-17-43)55-40-51(44-18-8-3-9-19-44)38-52(41-55)56-24-13-25-59-58(56)37-34-49-31-30-48-20-10-11-23-57(48)60(49)59/h1-41H. The average Bonchev–Trinajstić information content (AvgIpc) is 3.35. The lowest BCUT2D eigenvalue weighted by atomic mass is 9.90. The molecule has 1 heteroatoms. The van der Waals surface area contributed by atoms with Crippen LogP contribution in [0, 0.1) is 0 Å². The van der Waals surface area contributed by atoms with Gasteiger partial charge in [0, 0.05) is 17.1 Å². The van der Waals surface area contributed by atoms with E-state index in [2.05, 4.69) is 254 Å². The Hall–Kier alpha value is -8.00. The predicted octanol–water partition coefficient (Wildman–Crippen LogP) is 17.0. The summed E-state index contributed by atoms with van der Waals surface area (Å²) in [5.74, 6) is 0. The zero-order valence-electron chi connectivity index (χ0n) is 33.6. The van der Waals surface area contributed by atoms with Crippen molar-refractivity contribution in [2.45, 2.75) is 0 Å². The maximum Gasteiger partial charge on any atom is 0.0473 e. The van der Waals surface area contributed by atoms with E-state index in [0.29, 0.717) is 0 Å². The van der Waals surface area contributed by atoms with Crippen molar-refractivity contribution in [2.75, 3.05) is 4.90 Å². The fourth-order valence-corrected chi connectivity index (χ4v) is 9.00. The molecule has 0 unspecified atom stereocenters. The maximum atomic E-state index is 2.42. The van der Waals surface area contributed by atoms with E-state index in [1.807, 2.05) is 0 Å². The molecular weight excluding hydrogens is 735 g/mol. The molecule has 61 heavy (non-hydrogen) atoms. The van der Waals surface area contributed by atoms with E-state index in [4.69, 9.17) is 0 Å². The molecule has 0 spiro atoms. The summed E-state index contributed by atoms with van der Waals surface area (Å²) in [4.78, 5) is 2.42. The second-order valence-corrected chi connectivity index (χ2v) is 15.7. The van der Waals surface area contributed by atoms with E-state index in [-0.39, 0.29) is 0 Å². The summed E-state index contributed by atoms with van der Waals surface area (Å²) in [6.45, 7) is 0. The van der Waals surface area contributed by atoms with Crippen LogP contribution in [0.1, 0.15) is 0 Å². The second-order valence-electron chi connectivity index (χ2n) is 15.7. The van der Waals surface area contributed by atoms with Crippen LogP contribution in [0.4, 0.5) is 17.1 Å². The number of fused-ring (bicyclic) bond motifs is 5. The molecular formula is C60H41N. The predicted molar refractivity (Wildman–Crippen MR) is 261 cm³/mol. The van der Waals surface area contributed by atoms with E-state index >= 15 is 0 Å². The maximum absolute atomic E-state index is 2.42. The van der Waals surface area contributed by atoms with Gasteiger partial charge in [0.2, 0.25) is 0 Å². The van der Waals surface area contributed by atoms with Crippen molar-refractivity contribution in [3.63, 3.8) is 0 Å². The van der Waals surface area contributed by atoms with Crippen molar-refractivity contribution in [1.82, 2.24) is 0 Å². The molecule has 0 aliphatic rings. The van der Waals surface area contributed by atoms with E-state index in [0.717, 1.165) is 22.6 Å². The summed E-state index contributed by atoms with van der Waals surface area (Å²) in [5, 5.41) is 7.58. The Morgan fingerprint density at radius 1 is 0.213 bits per heavy atom. The van der Waals surface area contributed by atoms with Crippen LogP contribution in [0.15, 0.2) is 249 Å². The number of nitrogens with zero attached hydrogens (tertiary/aromatic N) is 1. The Morgan fingerprint density at radius 2 is 0.689 bits per heavy atom. The highest BCUT2D eigenvalue weighted by molar-refractivity contribution is 6.22. The van der Waals surface area contributed by atoms with Crippen molar-refractivity contribution in [3.8, 4) is 55.6 Å². The van der Waals surface area contributed by atoms with Crippen LogP contribution >= 0.6 is 0 Å². The van der Waals surface area contributed by atoms with E-state index in [9.17, 15) is 0 Å². The molecule has 0 saturated heterocycles. The average molecular weight is 776 g/mol. The Kier molecular flexibility index (Phi) is 9.26. The number of hydrogen-bond acceptors (Lipinski definition) is 1. The summed E-state index contributed by atoms with van der Waals surface area (Å²) in [6.07, 6.45) is 0. The van der Waals surface area contributed by atoms with Crippen molar-refractivity contribution in [1.29, 1.82) is 0 Å². The molecule has 0 amide bonds. The molecule has 0 aromatic heterocycles. The molecule has 0 aliphatic carbocycles. The van der Waals surface area contributed by atoms with Crippen LogP contribution < -0.4 is 4.90 Å². The number of hydrogen-bond donors (Lipinski definition) is 0. The van der Waals surface area contributed by atoms with Gasteiger partial charge in [-0.05, 0) is 130 Å². The van der Waals surface area contributed by atoms with Gasteiger partial charge in [-0.2, -0.15) is 0 Å². The largest absolute Gasteiger partial charge is 0.310 e. The monoisotopic (exact) mass is 775 g/mol. The van der Waals surface area contributed by atoms with Crippen LogP contribution in [-0.4, -0.2) is 0 Å². The first-order chi connectivity index (χ1) is 30.2. The van der Waals surface area contributed by atoms with Crippen LogP contribution in [0.3, 0.4) is 0 Å². The highest BCUT2D eigenvalue weighted by Crippen LogP contribution is 2.43. The zero-order chi connectivity index (χ0) is 40.5. The van der Waals surface area contributed by atoms with Gasteiger partial charge in [0.15, 0.2) is 0 Å². The number of anilines is 3. The smallest absolute Gasteiger partial charge is 0.0473 e. The van der Waals surface area contributed by atoms with Crippen molar-refractivity contribution in [3.05, 3.63) is 249 Å². The minimum Gasteiger partial charge on any atom is -0.310 e. The van der Waals surface area contributed by atoms with E-state index in [1.165, 1.54) is 82.4 Å². The summed E-state index contributed by atoms with van der Waals surface area (Å²) in [7, 11) is 0. The van der Waals surface area contributed by atoms with Gasteiger partial charge in [-0.25, -0.2) is 0 Å². The van der Waals surface area contributed by atoms with Gasteiger partial charge in [0.25, 0.3) is 0 Å². The molecule has 11 aromatic carbocycles. The van der Waals surface area contributed by atoms with Crippen molar-refractivity contribution in [2.24, 2.45) is 0 Å². The highest BCUT2D eigenvalue weighted by Gasteiger charge is 2.18. The summed E-state index contributed by atoms with van der Waals surface area (Å²) < 4.78 is 0. The highest BCUT2D eigenvalue weighted by atomic mass is 15.1. The normalized spacial score (nSPS) is 11.3. The fraction of sp³-hybridized carbons (Fsp3) is 0. The van der Waals surface area contributed by atoms with Crippen molar-refractivity contribution >= 4 is 49.4 Å². The van der Waals surface area contributed by atoms with Gasteiger partial charge < -0.3 is 4.90 Å². The Morgan fingerprint density at radius 3 is 1.38 bits per heavy atom. The van der Waals surface area contributed by atoms with Gasteiger partial charge >= 0.3 is 0 Å². The molecule has 0 N–H and O–H groups in total.